The maximum atomic E-state index is 6.61. The standard InChI is InChI=1S/C16H23ClO/c1-16(2,3)18-11-10-13-9-8-12-6-4-5-7-14(12)15(13)17/h4-7,13,15H,8-11H2,1-3H3. The van der Waals surface area contributed by atoms with Crippen LogP contribution >= 0.6 is 11.6 Å². The van der Waals surface area contributed by atoms with E-state index in [0.29, 0.717) is 5.92 Å². The van der Waals surface area contributed by atoms with E-state index in [4.69, 9.17) is 16.3 Å². The first-order valence-corrected chi connectivity index (χ1v) is 7.27. The third-order valence-corrected chi connectivity index (χ3v) is 4.17. The van der Waals surface area contributed by atoms with E-state index in [2.05, 4.69) is 45.0 Å². The van der Waals surface area contributed by atoms with Crippen molar-refractivity contribution in [1.82, 2.24) is 0 Å². The van der Waals surface area contributed by atoms with Crippen molar-refractivity contribution in [1.29, 1.82) is 0 Å². The van der Waals surface area contributed by atoms with E-state index in [1.54, 1.807) is 0 Å². The van der Waals surface area contributed by atoms with E-state index in [9.17, 15) is 0 Å². The van der Waals surface area contributed by atoms with Gasteiger partial charge in [0.15, 0.2) is 0 Å². The molecule has 1 aromatic carbocycles. The van der Waals surface area contributed by atoms with Crippen molar-refractivity contribution in [3.05, 3.63) is 35.4 Å². The highest BCUT2D eigenvalue weighted by molar-refractivity contribution is 6.21. The minimum absolute atomic E-state index is 0.0472. The highest BCUT2D eigenvalue weighted by atomic mass is 35.5. The molecule has 1 aliphatic carbocycles. The molecule has 100 valence electrons. The summed E-state index contributed by atoms with van der Waals surface area (Å²) in [5, 5.41) is 0.151. The average molecular weight is 267 g/mol. The monoisotopic (exact) mass is 266 g/mol. The van der Waals surface area contributed by atoms with Crippen molar-refractivity contribution in [2.24, 2.45) is 5.92 Å². The zero-order chi connectivity index (χ0) is 13.2. The Kier molecular flexibility index (Phi) is 4.34. The van der Waals surface area contributed by atoms with E-state index >= 15 is 0 Å². The lowest BCUT2D eigenvalue weighted by Crippen LogP contribution is -2.23. The molecule has 1 aromatic rings. The van der Waals surface area contributed by atoms with Gasteiger partial charge in [0, 0.05) is 6.61 Å². The van der Waals surface area contributed by atoms with Crippen LogP contribution in [-0.2, 0) is 11.2 Å². The molecule has 2 unspecified atom stereocenters. The lowest BCUT2D eigenvalue weighted by Gasteiger charge is -2.30. The normalized spacial score (nSPS) is 23.8. The molecular weight excluding hydrogens is 244 g/mol. The summed E-state index contributed by atoms with van der Waals surface area (Å²) in [5.74, 6) is 0.545. The van der Waals surface area contributed by atoms with Gasteiger partial charge in [-0.15, -0.1) is 11.6 Å². The van der Waals surface area contributed by atoms with Crippen LogP contribution in [0.25, 0.3) is 0 Å². The van der Waals surface area contributed by atoms with Crippen LogP contribution in [0.2, 0.25) is 0 Å². The molecule has 0 bridgehead atoms. The van der Waals surface area contributed by atoms with Gasteiger partial charge in [0.1, 0.15) is 0 Å². The first kappa shape index (κ1) is 13.9. The Balaban J connectivity index is 1.93. The lowest BCUT2D eigenvalue weighted by molar-refractivity contribution is -0.0101. The number of alkyl halides is 1. The summed E-state index contributed by atoms with van der Waals surface area (Å²) in [4.78, 5) is 0. The molecule has 1 nitrogen and oxygen atoms in total. The Morgan fingerprint density at radius 2 is 2.00 bits per heavy atom. The second-order valence-electron chi connectivity index (χ2n) is 6.15. The van der Waals surface area contributed by atoms with E-state index in [0.717, 1.165) is 19.4 Å². The maximum Gasteiger partial charge on any atom is 0.0617 e. The van der Waals surface area contributed by atoms with Gasteiger partial charge in [0.05, 0.1) is 11.0 Å². The molecule has 0 aromatic heterocycles. The maximum absolute atomic E-state index is 6.61. The van der Waals surface area contributed by atoms with Crippen molar-refractivity contribution >= 4 is 11.6 Å². The molecule has 1 aliphatic rings. The Morgan fingerprint density at radius 1 is 1.28 bits per heavy atom. The van der Waals surface area contributed by atoms with Crippen molar-refractivity contribution < 1.29 is 4.74 Å². The van der Waals surface area contributed by atoms with Crippen molar-refractivity contribution in [2.45, 2.75) is 51.0 Å². The Labute approximate surface area is 115 Å². The van der Waals surface area contributed by atoms with Crippen LogP contribution in [0, 0.1) is 5.92 Å². The highest BCUT2D eigenvalue weighted by Crippen LogP contribution is 2.40. The van der Waals surface area contributed by atoms with Crippen LogP contribution in [0.3, 0.4) is 0 Å². The first-order chi connectivity index (χ1) is 8.47. The minimum atomic E-state index is -0.0472. The van der Waals surface area contributed by atoms with Crippen molar-refractivity contribution in [3.63, 3.8) is 0 Å². The van der Waals surface area contributed by atoms with Gasteiger partial charge in [0.2, 0.25) is 0 Å². The second-order valence-corrected chi connectivity index (χ2v) is 6.62. The van der Waals surface area contributed by atoms with Gasteiger partial charge < -0.3 is 4.74 Å². The third-order valence-electron chi connectivity index (χ3n) is 3.57. The first-order valence-electron chi connectivity index (χ1n) is 6.83. The SMILES string of the molecule is CC(C)(C)OCCC1CCc2ccccc2C1Cl. The molecule has 0 spiro atoms. The summed E-state index contributed by atoms with van der Waals surface area (Å²) in [6.07, 6.45) is 3.39. The molecule has 0 heterocycles. The molecule has 18 heavy (non-hydrogen) atoms. The molecule has 2 rings (SSSR count). The van der Waals surface area contributed by atoms with Gasteiger partial charge in [-0.05, 0) is 57.1 Å². The molecule has 0 fully saturated rings. The fraction of sp³-hybridized carbons (Fsp3) is 0.625. The zero-order valence-electron chi connectivity index (χ0n) is 11.6. The number of ether oxygens (including phenoxy) is 1. The average Bonchev–Trinajstić information content (AvgIpc) is 2.31. The zero-order valence-corrected chi connectivity index (χ0v) is 12.3. The summed E-state index contributed by atoms with van der Waals surface area (Å²) in [7, 11) is 0. The number of benzene rings is 1. The van der Waals surface area contributed by atoms with E-state index < -0.39 is 0 Å². The molecular formula is C16H23ClO. The largest absolute Gasteiger partial charge is 0.376 e. The van der Waals surface area contributed by atoms with Crippen molar-refractivity contribution in [2.75, 3.05) is 6.61 Å². The fourth-order valence-corrected chi connectivity index (χ4v) is 3.04. The van der Waals surface area contributed by atoms with Crippen LogP contribution in [0.1, 0.15) is 50.1 Å². The molecule has 0 saturated heterocycles. The molecule has 0 saturated carbocycles. The predicted molar refractivity (Wildman–Crippen MR) is 77.2 cm³/mol. The molecule has 0 radical (unpaired) electrons. The molecule has 0 aliphatic heterocycles. The van der Waals surface area contributed by atoms with Crippen molar-refractivity contribution in [3.8, 4) is 0 Å². The van der Waals surface area contributed by atoms with Crippen LogP contribution in [0.15, 0.2) is 24.3 Å². The lowest BCUT2D eigenvalue weighted by atomic mass is 9.82. The van der Waals surface area contributed by atoms with Crippen LogP contribution in [0.4, 0.5) is 0 Å². The molecule has 0 N–H and O–H groups in total. The Bertz CT molecular complexity index is 394. The van der Waals surface area contributed by atoms with Gasteiger partial charge in [-0.2, -0.15) is 0 Å². The number of halogens is 1. The summed E-state index contributed by atoms with van der Waals surface area (Å²) in [6.45, 7) is 7.10. The van der Waals surface area contributed by atoms with E-state index in [1.807, 2.05) is 0 Å². The van der Waals surface area contributed by atoms with Gasteiger partial charge in [0.25, 0.3) is 0 Å². The Hall–Kier alpha value is -0.530. The number of fused-ring (bicyclic) bond motifs is 1. The quantitative estimate of drug-likeness (QED) is 0.719. The molecule has 2 heteroatoms. The van der Waals surface area contributed by atoms with Gasteiger partial charge in [-0.3, -0.25) is 0 Å². The summed E-state index contributed by atoms with van der Waals surface area (Å²) in [6, 6.07) is 8.56. The van der Waals surface area contributed by atoms with Gasteiger partial charge in [-0.25, -0.2) is 0 Å². The predicted octanol–water partition coefficient (Wildman–Crippen LogP) is 4.73. The van der Waals surface area contributed by atoms with Crippen LogP contribution < -0.4 is 0 Å². The second kappa shape index (κ2) is 5.63. The fourth-order valence-electron chi connectivity index (χ4n) is 2.58. The summed E-state index contributed by atoms with van der Waals surface area (Å²) < 4.78 is 5.81. The number of hydrogen-bond donors (Lipinski definition) is 0. The molecule has 0 amide bonds. The summed E-state index contributed by atoms with van der Waals surface area (Å²) >= 11 is 6.61. The topological polar surface area (TPSA) is 9.23 Å². The van der Waals surface area contributed by atoms with Crippen LogP contribution in [0.5, 0.6) is 0 Å². The number of aryl methyl sites for hydroxylation is 1. The summed E-state index contributed by atoms with van der Waals surface area (Å²) in [5.41, 5.74) is 2.70. The van der Waals surface area contributed by atoms with E-state index in [-0.39, 0.29) is 11.0 Å². The highest BCUT2D eigenvalue weighted by Gasteiger charge is 2.27. The molecule has 2 atom stereocenters. The Morgan fingerprint density at radius 3 is 2.72 bits per heavy atom. The van der Waals surface area contributed by atoms with Gasteiger partial charge in [-0.1, -0.05) is 24.3 Å². The third kappa shape index (κ3) is 3.49. The number of hydrogen-bond acceptors (Lipinski definition) is 1. The smallest absolute Gasteiger partial charge is 0.0617 e. The van der Waals surface area contributed by atoms with E-state index in [1.165, 1.54) is 17.5 Å². The van der Waals surface area contributed by atoms with Crippen LogP contribution in [-0.4, -0.2) is 12.2 Å². The number of rotatable bonds is 3. The minimum Gasteiger partial charge on any atom is -0.376 e. The van der Waals surface area contributed by atoms with Gasteiger partial charge >= 0.3 is 0 Å².